The van der Waals surface area contributed by atoms with Crippen LogP contribution < -0.4 is 0 Å². The molecule has 0 radical (unpaired) electrons. The van der Waals surface area contributed by atoms with Crippen LogP contribution in [0.2, 0.25) is 0 Å². The molecule has 3 heterocycles. The third kappa shape index (κ3) is 1.99. The Labute approximate surface area is 127 Å². The van der Waals surface area contributed by atoms with Gasteiger partial charge in [-0.3, -0.25) is 9.69 Å². The maximum absolute atomic E-state index is 13.0. The Kier molecular flexibility index (Phi) is 2.75. The van der Waals surface area contributed by atoms with Crippen molar-refractivity contribution >= 4 is 5.97 Å². The number of carbonyl (C=O) groups excluding carboxylic acids is 1. The summed E-state index contributed by atoms with van der Waals surface area (Å²) in [5, 5.41) is 0. The number of hydrogen-bond donors (Lipinski definition) is 0. The van der Waals surface area contributed by atoms with Gasteiger partial charge in [-0.15, -0.1) is 0 Å². The predicted molar refractivity (Wildman–Crippen MR) is 79.6 cm³/mol. The van der Waals surface area contributed by atoms with E-state index in [0.717, 1.165) is 43.6 Å². The van der Waals surface area contributed by atoms with Crippen molar-refractivity contribution in [1.82, 2.24) is 4.90 Å². The lowest BCUT2D eigenvalue weighted by molar-refractivity contribution is -0.185. The molecule has 0 aromatic rings. The lowest BCUT2D eigenvalue weighted by atomic mass is 9.49. The molecular formula is C18H27NO2. The Morgan fingerprint density at radius 1 is 0.952 bits per heavy atom. The molecule has 0 aromatic heterocycles. The molecule has 0 amide bonds. The van der Waals surface area contributed by atoms with E-state index < -0.39 is 0 Å². The van der Waals surface area contributed by atoms with Crippen molar-refractivity contribution in [2.75, 3.05) is 19.6 Å². The quantitative estimate of drug-likeness (QED) is 0.732. The number of fused-ring (bicyclic) bond motifs is 3. The second-order valence-electron chi connectivity index (χ2n) is 8.78. The van der Waals surface area contributed by atoms with Gasteiger partial charge in [0.2, 0.25) is 0 Å². The molecule has 7 rings (SSSR count). The molecule has 21 heavy (non-hydrogen) atoms. The molecule has 3 saturated heterocycles. The van der Waals surface area contributed by atoms with Gasteiger partial charge in [0.25, 0.3) is 0 Å². The van der Waals surface area contributed by atoms with Crippen molar-refractivity contribution in [2.45, 2.75) is 57.5 Å². The van der Waals surface area contributed by atoms with E-state index in [2.05, 4.69) is 4.90 Å². The number of ether oxygens (including phenoxy) is 1. The summed E-state index contributed by atoms with van der Waals surface area (Å²) < 4.78 is 6.13. The fraction of sp³-hybridized carbons (Fsp3) is 0.944. The Hall–Kier alpha value is -0.570. The van der Waals surface area contributed by atoms with Gasteiger partial charge in [-0.25, -0.2) is 0 Å². The number of nitrogens with zero attached hydrogens (tertiary/aromatic N) is 1. The number of rotatable bonds is 2. The minimum absolute atomic E-state index is 0.0687. The smallest absolute Gasteiger partial charge is 0.312 e. The molecule has 7 aliphatic rings. The zero-order valence-electron chi connectivity index (χ0n) is 12.9. The van der Waals surface area contributed by atoms with E-state index in [0.29, 0.717) is 5.92 Å². The molecule has 3 aliphatic heterocycles. The number of piperidine rings is 3. The second-order valence-corrected chi connectivity index (χ2v) is 8.78. The average Bonchev–Trinajstić information content (AvgIpc) is 2.47. The molecular weight excluding hydrogens is 262 g/mol. The van der Waals surface area contributed by atoms with Crippen LogP contribution in [0.5, 0.6) is 0 Å². The highest BCUT2D eigenvalue weighted by molar-refractivity contribution is 5.77. The fourth-order valence-corrected chi connectivity index (χ4v) is 6.67. The summed E-state index contributed by atoms with van der Waals surface area (Å²) in [6.45, 7) is 3.44. The van der Waals surface area contributed by atoms with Gasteiger partial charge in [0.1, 0.15) is 6.10 Å². The first-order valence-electron chi connectivity index (χ1n) is 9.14. The molecule has 1 atom stereocenters. The fourth-order valence-electron chi connectivity index (χ4n) is 6.67. The van der Waals surface area contributed by atoms with Gasteiger partial charge in [-0.1, -0.05) is 0 Å². The van der Waals surface area contributed by atoms with Gasteiger partial charge >= 0.3 is 5.97 Å². The number of esters is 1. The molecule has 6 bridgehead atoms. The highest BCUT2D eigenvalue weighted by Gasteiger charge is 2.56. The maximum atomic E-state index is 13.0. The Morgan fingerprint density at radius 3 is 2.00 bits per heavy atom. The highest BCUT2D eigenvalue weighted by atomic mass is 16.5. The SMILES string of the molecule is O=C(O[C@H]1CN2CCC1CC2)C12CC3CC(CC(C3)C1)C2. The zero-order valence-corrected chi connectivity index (χ0v) is 12.9. The normalized spacial score (nSPS) is 53.9. The van der Waals surface area contributed by atoms with Crippen LogP contribution in [-0.2, 0) is 9.53 Å². The van der Waals surface area contributed by atoms with Crippen LogP contribution in [0.1, 0.15) is 51.4 Å². The molecule has 0 spiro atoms. The van der Waals surface area contributed by atoms with E-state index in [-0.39, 0.29) is 17.5 Å². The van der Waals surface area contributed by atoms with Gasteiger partial charge < -0.3 is 4.74 Å². The molecule has 0 N–H and O–H groups in total. The lowest BCUT2D eigenvalue weighted by Crippen LogP contribution is -2.55. The highest BCUT2D eigenvalue weighted by Crippen LogP contribution is 2.60. The third-order valence-corrected chi connectivity index (χ3v) is 7.33. The van der Waals surface area contributed by atoms with Crippen molar-refractivity contribution in [3.63, 3.8) is 0 Å². The van der Waals surface area contributed by atoms with Crippen LogP contribution in [-0.4, -0.2) is 36.6 Å². The molecule has 116 valence electrons. The minimum atomic E-state index is -0.0687. The molecule has 0 unspecified atom stereocenters. The summed E-state index contributed by atoms with van der Waals surface area (Å²) in [4.78, 5) is 15.5. The van der Waals surface area contributed by atoms with E-state index in [4.69, 9.17) is 4.74 Å². The van der Waals surface area contributed by atoms with Gasteiger partial charge in [0.15, 0.2) is 0 Å². The predicted octanol–water partition coefficient (Wildman–Crippen LogP) is 2.84. The molecule has 4 aliphatic carbocycles. The lowest BCUT2D eigenvalue weighted by Gasteiger charge is -2.55. The van der Waals surface area contributed by atoms with Crippen LogP contribution in [0, 0.1) is 29.1 Å². The Bertz CT molecular complexity index is 417. The van der Waals surface area contributed by atoms with E-state index >= 15 is 0 Å². The topological polar surface area (TPSA) is 29.5 Å². The molecule has 3 nitrogen and oxygen atoms in total. The molecule has 3 heteroatoms. The molecule has 7 fully saturated rings. The Balaban J connectivity index is 1.32. The van der Waals surface area contributed by atoms with Crippen molar-refractivity contribution in [3.8, 4) is 0 Å². The van der Waals surface area contributed by atoms with E-state index in [1.807, 2.05) is 0 Å². The number of carbonyl (C=O) groups is 1. The largest absolute Gasteiger partial charge is 0.460 e. The summed E-state index contributed by atoms with van der Waals surface area (Å²) in [6.07, 6.45) is 10.3. The maximum Gasteiger partial charge on any atom is 0.312 e. The van der Waals surface area contributed by atoms with E-state index in [9.17, 15) is 4.79 Å². The molecule has 0 aromatic carbocycles. The van der Waals surface area contributed by atoms with Crippen LogP contribution in [0.4, 0.5) is 0 Å². The van der Waals surface area contributed by atoms with Gasteiger partial charge in [0.05, 0.1) is 5.41 Å². The van der Waals surface area contributed by atoms with E-state index in [1.165, 1.54) is 45.2 Å². The first-order valence-corrected chi connectivity index (χ1v) is 9.14. The van der Waals surface area contributed by atoms with Crippen LogP contribution >= 0.6 is 0 Å². The summed E-state index contributed by atoms with van der Waals surface area (Å²) in [5.74, 6) is 3.33. The summed E-state index contributed by atoms with van der Waals surface area (Å²) in [6, 6.07) is 0. The Morgan fingerprint density at radius 2 is 1.52 bits per heavy atom. The monoisotopic (exact) mass is 289 g/mol. The summed E-state index contributed by atoms with van der Waals surface area (Å²) >= 11 is 0. The van der Waals surface area contributed by atoms with Crippen molar-refractivity contribution in [1.29, 1.82) is 0 Å². The van der Waals surface area contributed by atoms with Gasteiger partial charge in [-0.05, 0) is 88.1 Å². The molecule has 4 saturated carbocycles. The van der Waals surface area contributed by atoms with Crippen molar-refractivity contribution < 1.29 is 9.53 Å². The summed E-state index contributed by atoms with van der Waals surface area (Å²) in [5.41, 5.74) is -0.0687. The first kappa shape index (κ1) is 12.9. The van der Waals surface area contributed by atoms with E-state index in [1.54, 1.807) is 0 Å². The summed E-state index contributed by atoms with van der Waals surface area (Å²) in [7, 11) is 0. The van der Waals surface area contributed by atoms with Crippen molar-refractivity contribution in [2.24, 2.45) is 29.1 Å². The van der Waals surface area contributed by atoms with Gasteiger partial charge in [0, 0.05) is 6.54 Å². The second kappa shape index (κ2) is 4.47. The standard InChI is InChI=1S/C18H27NO2/c20-17(21-16-11-19-3-1-15(16)2-4-19)18-8-12-5-13(9-18)7-14(6-12)10-18/h12-16H,1-11H2/t12?,13?,14?,16-,18?/m0/s1. The van der Waals surface area contributed by atoms with Crippen molar-refractivity contribution in [3.05, 3.63) is 0 Å². The zero-order chi connectivity index (χ0) is 14.0. The third-order valence-electron chi connectivity index (χ3n) is 7.33. The first-order chi connectivity index (χ1) is 10.2. The van der Waals surface area contributed by atoms with Crippen LogP contribution in [0.15, 0.2) is 0 Å². The van der Waals surface area contributed by atoms with Gasteiger partial charge in [-0.2, -0.15) is 0 Å². The van der Waals surface area contributed by atoms with Crippen LogP contribution in [0.3, 0.4) is 0 Å². The van der Waals surface area contributed by atoms with Crippen LogP contribution in [0.25, 0.3) is 0 Å². The minimum Gasteiger partial charge on any atom is -0.460 e. The number of hydrogen-bond acceptors (Lipinski definition) is 3. The average molecular weight is 289 g/mol.